The molecular weight excluding hydrogens is 442 g/mol. The van der Waals surface area contributed by atoms with Crippen LogP contribution in [-0.2, 0) is 9.53 Å². The van der Waals surface area contributed by atoms with Crippen LogP contribution in [0.4, 0.5) is 0 Å². The van der Waals surface area contributed by atoms with E-state index in [1.807, 2.05) is 75.1 Å². The lowest BCUT2D eigenvalue weighted by Crippen LogP contribution is -2.60. The number of hydrogen-bond donors (Lipinski definition) is 1. The van der Waals surface area contributed by atoms with E-state index in [1.165, 1.54) is 0 Å². The number of ether oxygens (including phenoxy) is 1. The second-order valence-electron chi connectivity index (χ2n) is 9.80. The maximum absolute atomic E-state index is 13.8. The molecule has 4 rings (SSSR count). The van der Waals surface area contributed by atoms with Gasteiger partial charge in [-0.3, -0.25) is 19.3 Å². The highest BCUT2D eigenvalue weighted by Gasteiger charge is 2.54. The summed E-state index contributed by atoms with van der Waals surface area (Å²) >= 11 is 0. The Morgan fingerprint density at radius 1 is 1.00 bits per heavy atom. The second-order valence-corrected chi connectivity index (χ2v) is 9.80. The summed E-state index contributed by atoms with van der Waals surface area (Å²) in [6, 6.07) is 14.3. The first kappa shape index (κ1) is 24.9. The molecule has 0 saturated carbocycles. The highest BCUT2D eigenvalue weighted by atomic mass is 16.5. The fraction of sp³-hybridized carbons (Fsp3) is 0.464. The summed E-state index contributed by atoms with van der Waals surface area (Å²) in [5.74, 6) is -0.436. The van der Waals surface area contributed by atoms with Gasteiger partial charge in [0.05, 0.1) is 6.61 Å². The van der Waals surface area contributed by atoms with Gasteiger partial charge in [0.2, 0.25) is 5.91 Å². The van der Waals surface area contributed by atoms with E-state index in [-0.39, 0.29) is 30.4 Å². The summed E-state index contributed by atoms with van der Waals surface area (Å²) < 4.78 is 6.28. The first-order chi connectivity index (χ1) is 16.7. The highest BCUT2D eigenvalue weighted by Crippen LogP contribution is 2.39. The van der Waals surface area contributed by atoms with Gasteiger partial charge in [0.15, 0.2) is 0 Å². The average Bonchev–Trinajstić information content (AvgIpc) is 3.22. The number of likely N-dealkylation sites (tertiary alicyclic amines) is 1. The first-order valence-electron chi connectivity index (χ1n) is 12.4. The number of amides is 3. The van der Waals surface area contributed by atoms with Crippen LogP contribution in [0.5, 0.6) is 0 Å². The lowest BCUT2D eigenvalue weighted by Gasteiger charge is -2.44. The minimum atomic E-state index is -0.915. The number of piperidine rings is 1. The molecule has 186 valence electrons. The standard InChI is InChI=1S/C28H35N3O4/c1-5-21(4)29-25(32)24-18-35-28(31(24)27(34)23-11-7-9-20(3)17-23)12-14-30(15-13-28)26(33)22-10-6-8-19(2)16-22/h6-11,16-17,21,24H,5,12-15,18H2,1-4H3,(H,29,32). The SMILES string of the molecule is CCC(C)NC(=O)C1COC2(CCN(C(=O)c3cccc(C)c3)CC2)N1C(=O)c1cccc(C)c1. The number of nitrogens with one attached hydrogen (secondary N) is 1. The predicted molar refractivity (Wildman–Crippen MR) is 134 cm³/mol. The molecule has 2 aromatic carbocycles. The van der Waals surface area contributed by atoms with Crippen molar-refractivity contribution in [2.45, 2.75) is 64.8 Å². The van der Waals surface area contributed by atoms with Gasteiger partial charge in [-0.15, -0.1) is 0 Å². The Morgan fingerprint density at radius 2 is 1.57 bits per heavy atom. The van der Waals surface area contributed by atoms with Gasteiger partial charge in [-0.1, -0.05) is 42.3 Å². The Labute approximate surface area is 207 Å². The van der Waals surface area contributed by atoms with Crippen molar-refractivity contribution >= 4 is 17.7 Å². The van der Waals surface area contributed by atoms with Crippen LogP contribution in [0.25, 0.3) is 0 Å². The molecule has 7 nitrogen and oxygen atoms in total. The van der Waals surface area contributed by atoms with Crippen LogP contribution in [0.1, 0.15) is 65.0 Å². The molecule has 2 aliphatic rings. The van der Waals surface area contributed by atoms with Crippen LogP contribution in [0.3, 0.4) is 0 Å². The molecule has 0 radical (unpaired) electrons. The maximum atomic E-state index is 13.8. The largest absolute Gasteiger partial charge is 0.353 e. The molecule has 3 amide bonds. The maximum Gasteiger partial charge on any atom is 0.256 e. The number of rotatable bonds is 5. The zero-order valence-electron chi connectivity index (χ0n) is 21.0. The quantitative estimate of drug-likeness (QED) is 0.712. The van der Waals surface area contributed by atoms with Crippen molar-refractivity contribution in [2.75, 3.05) is 19.7 Å². The third-order valence-electron chi connectivity index (χ3n) is 7.15. The van der Waals surface area contributed by atoms with Crippen LogP contribution < -0.4 is 5.32 Å². The molecule has 1 spiro atoms. The molecule has 2 unspecified atom stereocenters. The van der Waals surface area contributed by atoms with Crippen molar-refractivity contribution in [1.29, 1.82) is 0 Å². The third-order valence-corrected chi connectivity index (χ3v) is 7.15. The van der Waals surface area contributed by atoms with Gasteiger partial charge in [0, 0.05) is 43.1 Å². The van der Waals surface area contributed by atoms with E-state index < -0.39 is 11.8 Å². The third kappa shape index (κ3) is 5.10. The number of carbonyl (C=O) groups excluding carboxylic acids is 3. The number of aryl methyl sites for hydroxylation is 2. The first-order valence-corrected chi connectivity index (χ1v) is 12.4. The summed E-state index contributed by atoms with van der Waals surface area (Å²) in [6.07, 6.45) is 1.71. The number of benzene rings is 2. The zero-order valence-corrected chi connectivity index (χ0v) is 21.0. The summed E-state index contributed by atoms with van der Waals surface area (Å²) in [5, 5.41) is 3.02. The average molecular weight is 478 g/mol. The van der Waals surface area contributed by atoms with Gasteiger partial charge in [-0.2, -0.15) is 0 Å². The monoisotopic (exact) mass is 477 g/mol. The topological polar surface area (TPSA) is 79.0 Å². The fourth-order valence-corrected chi connectivity index (χ4v) is 4.95. The molecule has 2 heterocycles. The van der Waals surface area contributed by atoms with E-state index in [2.05, 4.69) is 5.32 Å². The molecule has 2 atom stereocenters. The Bertz CT molecular complexity index is 1110. The van der Waals surface area contributed by atoms with E-state index in [9.17, 15) is 14.4 Å². The van der Waals surface area contributed by atoms with Crippen LogP contribution >= 0.6 is 0 Å². The normalized spacial score (nSPS) is 20.1. The van der Waals surface area contributed by atoms with Crippen LogP contribution in [0.2, 0.25) is 0 Å². The van der Waals surface area contributed by atoms with Crippen molar-refractivity contribution in [3.8, 4) is 0 Å². The minimum Gasteiger partial charge on any atom is -0.353 e. The van der Waals surface area contributed by atoms with Gasteiger partial charge in [0.1, 0.15) is 11.8 Å². The lowest BCUT2D eigenvalue weighted by atomic mass is 9.95. The summed E-state index contributed by atoms with van der Waals surface area (Å²) in [7, 11) is 0. The Balaban J connectivity index is 1.58. The Morgan fingerprint density at radius 3 is 2.11 bits per heavy atom. The molecule has 1 N–H and O–H groups in total. The van der Waals surface area contributed by atoms with Crippen LogP contribution in [0.15, 0.2) is 48.5 Å². The molecule has 2 saturated heterocycles. The molecular formula is C28H35N3O4. The molecule has 0 aliphatic carbocycles. The molecule has 35 heavy (non-hydrogen) atoms. The molecule has 2 aliphatic heterocycles. The van der Waals surface area contributed by atoms with Gasteiger partial charge < -0.3 is 15.0 Å². The van der Waals surface area contributed by atoms with Crippen molar-refractivity contribution in [2.24, 2.45) is 0 Å². The molecule has 7 heteroatoms. The van der Waals surface area contributed by atoms with Gasteiger partial charge in [-0.05, 0) is 51.5 Å². The summed E-state index contributed by atoms with van der Waals surface area (Å²) in [4.78, 5) is 43.6. The van der Waals surface area contributed by atoms with E-state index in [0.29, 0.717) is 37.1 Å². The molecule has 2 fully saturated rings. The number of hydrogen-bond acceptors (Lipinski definition) is 4. The van der Waals surface area contributed by atoms with E-state index >= 15 is 0 Å². The predicted octanol–water partition coefficient (Wildman–Crippen LogP) is 3.69. The number of nitrogens with zero attached hydrogens (tertiary/aromatic N) is 2. The zero-order chi connectivity index (χ0) is 25.2. The van der Waals surface area contributed by atoms with Crippen molar-refractivity contribution < 1.29 is 19.1 Å². The van der Waals surface area contributed by atoms with Crippen molar-refractivity contribution in [3.05, 3.63) is 70.8 Å². The fourth-order valence-electron chi connectivity index (χ4n) is 4.95. The van der Waals surface area contributed by atoms with E-state index in [4.69, 9.17) is 4.74 Å². The second kappa shape index (κ2) is 10.2. The minimum absolute atomic E-state index is 0.00349. The molecule has 0 aromatic heterocycles. The smallest absolute Gasteiger partial charge is 0.256 e. The van der Waals surface area contributed by atoms with Gasteiger partial charge in [-0.25, -0.2) is 0 Å². The summed E-state index contributed by atoms with van der Waals surface area (Å²) in [5.41, 5.74) is 2.29. The van der Waals surface area contributed by atoms with Crippen LogP contribution in [-0.4, -0.2) is 65.0 Å². The van der Waals surface area contributed by atoms with Gasteiger partial charge in [0.25, 0.3) is 11.8 Å². The van der Waals surface area contributed by atoms with Crippen molar-refractivity contribution in [3.63, 3.8) is 0 Å². The lowest BCUT2D eigenvalue weighted by molar-refractivity contribution is -0.128. The van der Waals surface area contributed by atoms with Gasteiger partial charge >= 0.3 is 0 Å². The molecule has 2 aromatic rings. The summed E-state index contributed by atoms with van der Waals surface area (Å²) in [6.45, 7) is 8.91. The van der Waals surface area contributed by atoms with E-state index in [1.54, 1.807) is 11.0 Å². The van der Waals surface area contributed by atoms with Crippen molar-refractivity contribution in [1.82, 2.24) is 15.1 Å². The number of carbonyl (C=O) groups is 3. The molecule has 0 bridgehead atoms. The Hall–Kier alpha value is -3.19. The van der Waals surface area contributed by atoms with E-state index in [0.717, 1.165) is 17.5 Å². The van der Waals surface area contributed by atoms with Crippen LogP contribution in [0, 0.1) is 13.8 Å². The Kier molecular flexibility index (Phi) is 7.26. The highest BCUT2D eigenvalue weighted by molar-refractivity contribution is 5.99.